The number of fused-ring (bicyclic) bond motifs is 1. The topological polar surface area (TPSA) is 79.8 Å². The summed E-state index contributed by atoms with van der Waals surface area (Å²) >= 11 is 0. The molecule has 0 saturated carbocycles. The number of hydrogen-bond donors (Lipinski definition) is 2. The van der Waals surface area contributed by atoms with E-state index in [0.717, 1.165) is 28.7 Å². The molecule has 94 valence electrons. The second kappa shape index (κ2) is 4.31. The first-order valence-electron chi connectivity index (χ1n) is 6.12. The maximum Gasteiger partial charge on any atom is 0.163 e. The smallest absolute Gasteiger partial charge is 0.163 e. The third kappa shape index (κ3) is 1.81. The highest BCUT2D eigenvalue weighted by molar-refractivity contribution is 6.02. The van der Waals surface area contributed by atoms with Crippen molar-refractivity contribution >= 4 is 17.8 Å². The van der Waals surface area contributed by atoms with E-state index in [9.17, 15) is 4.79 Å². The molecule has 0 spiro atoms. The summed E-state index contributed by atoms with van der Waals surface area (Å²) in [5.74, 6) is 0.523. The number of pyridine rings is 1. The van der Waals surface area contributed by atoms with Crippen molar-refractivity contribution in [1.82, 2.24) is 4.98 Å². The number of carbonyl (C=O) groups excluding carboxylic acids is 1. The summed E-state index contributed by atoms with van der Waals surface area (Å²) < 4.78 is 0. The van der Waals surface area contributed by atoms with Gasteiger partial charge in [0.05, 0.1) is 0 Å². The Kier molecular flexibility index (Phi) is 2.63. The molecule has 3 N–H and O–H groups in total. The van der Waals surface area contributed by atoms with Gasteiger partial charge in [0.2, 0.25) is 0 Å². The molecule has 19 heavy (non-hydrogen) atoms. The quantitative estimate of drug-likeness (QED) is 0.804. The van der Waals surface area contributed by atoms with Crippen LogP contribution in [0.25, 0.3) is 11.1 Å². The molecule has 0 bridgehead atoms. The van der Waals surface area contributed by atoms with Gasteiger partial charge < -0.3 is 11.1 Å². The normalized spacial score (nSPS) is 13.4. The minimum Gasteiger partial charge on any atom is -0.383 e. The highest BCUT2D eigenvalue weighted by Gasteiger charge is 2.20. The van der Waals surface area contributed by atoms with Gasteiger partial charge in [0.1, 0.15) is 5.82 Å². The van der Waals surface area contributed by atoms with E-state index in [1.807, 2.05) is 24.3 Å². The van der Waals surface area contributed by atoms with Gasteiger partial charge in [-0.2, -0.15) is 0 Å². The van der Waals surface area contributed by atoms with Crippen molar-refractivity contribution in [3.8, 4) is 11.1 Å². The third-order valence-corrected chi connectivity index (χ3v) is 3.51. The minimum absolute atomic E-state index is 0.190. The number of nitrogens with one attached hydrogen (secondary N) is 1. The van der Waals surface area contributed by atoms with Gasteiger partial charge >= 0.3 is 0 Å². The summed E-state index contributed by atoms with van der Waals surface area (Å²) in [6, 6.07) is 7.67. The molecule has 1 aromatic heterocycles. The highest BCUT2D eigenvalue weighted by Crippen LogP contribution is 2.30. The molecule has 4 nitrogen and oxygen atoms in total. The number of hydrogen-bond acceptors (Lipinski definition) is 4. The van der Waals surface area contributed by atoms with Crippen LogP contribution in [0.5, 0.6) is 0 Å². The molecule has 3 rings (SSSR count). The average molecular weight is 251 g/mol. The molecule has 4 heteroatoms. The molecular weight excluding hydrogens is 238 g/mol. The summed E-state index contributed by atoms with van der Waals surface area (Å²) in [6.07, 6.45) is 4.23. The average Bonchev–Trinajstić information content (AvgIpc) is 2.80. The van der Waals surface area contributed by atoms with Crippen LogP contribution in [0, 0.1) is 5.41 Å². The summed E-state index contributed by atoms with van der Waals surface area (Å²) in [4.78, 5) is 15.8. The number of anilines is 1. The summed E-state index contributed by atoms with van der Waals surface area (Å²) in [5, 5.41) is 7.46. The molecule has 0 atom stereocenters. The van der Waals surface area contributed by atoms with E-state index >= 15 is 0 Å². The van der Waals surface area contributed by atoms with Gasteiger partial charge in [-0.05, 0) is 35.2 Å². The van der Waals surface area contributed by atoms with E-state index < -0.39 is 0 Å². The largest absolute Gasteiger partial charge is 0.383 e. The number of nitrogens with zero attached hydrogens (tertiary/aromatic N) is 1. The van der Waals surface area contributed by atoms with Crippen molar-refractivity contribution in [3.05, 3.63) is 47.2 Å². The van der Waals surface area contributed by atoms with Crippen molar-refractivity contribution in [2.75, 3.05) is 5.73 Å². The predicted molar refractivity (Wildman–Crippen MR) is 74.6 cm³/mol. The Balaban J connectivity index is 2.19. The third-order valence-electron chi connectivity index (χ3n) is 3.51. The lowest BCUT2D eigenvalue weighted by Gasteiger charge is -2.09. The fourth-order valence-corrected chi connectivity index (χ4v) is 2.50. The van der Waals surface area contributed by atoms with Gasteiger partial charge in [-0.3, -0.25) is 4.79 Å². The van der Waals surface area contributed by atoms with E-state index in [0.29, 0.717) is 17.8 Å². The molecule has 1 aliphatic rings. The van der Waals surface area contributed by atoms with Crippen molar-refractivity contribution in [2.24, 2.45) is 0 Å². The van der Waals surface area contributed by atoms with Crippen molar-refractivity contribution in [1.29, 1.82) is 5.41 Å². The van der Waals surface area contributed by atoms with Crippen molar-refractivity contribution in [3.63, 3.8) is 0 Å². The molecule has 2 aromatic rings. The molecule has 0 saturated heterocycles. The van der Waals surface area contributed by atoms with Gasteiger partial charge in [-0.1, -0.05) is 12.1 Å². The Morgan fingerprint density at radius 3 is 2.84 bits per heavy atom. The lowest BCUT2D eigenvalue weighted by atomic mass is 9.97. The Morgan fingerprint density at radius 1 is 1.21 bits per heavy atom. The Hall–Kier alpha value is -2.49. The van der Waals surface area contributed by atoms with E-state index in [2.05, 4.69) is 4.98 Å². The predicted octanol–water partition coefficient (Wildman–Crippen LogP) is 2.46. The Bertz CT molecular complexity index is 692. The first-order chi connectivity index (χ1) is 9.20. The van der Waals surface area contributed by atoms with Crippen LogP contribution in [0.1, 0.15) is 27.9 Å². The van der Waals surface area contributed by atoms with E-state index in [4.69, 9.17) is 11.1 Å². The number of nitrogens with two attached hydrogens (primary N) is 1. The second-order valence-corrected chi connectivity index (χ2v) is 4.60. The number of aryl methyl sites for hydroxylation is 1. The van der Waals surface area contributed by atoms with Gasteiger partial charge in [-0.15, -0.1) is 0 Å². The monoisotopic (exact) mass is 251 g/mol. The summed E-state index contributed by atoms with van der Waals surface area (Å²) in [6.45, 7) is 0. The minimum atomic E-state index is 0.190. The van der Waals surface area contributed by atoms with Crippen LogP contribution in [0.2, 0.25) is 0 Å². The zero-order valence-electron chi connectivity index (χ0n) is 10.3. The van der Waals surface area contributed by atoms with Crippen LogP contribution < -0.4 is 5.73 Å². The molecule has 0 amide bonds. The van der Waals surface area contributed by atoms with E-state index in [1.54, 1.807) is 6.20 Å². The number of carbonyl (C=O) groups is 1. The van der Waals surface area contributed by atoms with Crippen LogP contribution in [-0.2, 0) is 6.42 Å². The van der Waals surface area contributed by atoms with Gasteiger partial charge in [0, 0.05) is 30.0 Å². The highest BCUT2D eigenvalue weighted by atomic mass is 16.1. The van der Waals surface area contributed by atoms with Gasteiger partial charge in [0.15, 0.2) is 5.78 Å². The SMILES string of the molecule is N=Cc1c(-c2ccc3c(c2)C(=O)CC3)ccnc1N. The fraction of sp³-hybridized carbons (Fsp3) is 0.133. The van der Waals surface area contributed by atoms with Crippen LogP contribution in [0.4, 0.5) is 5.82 Å². The van der Waals surface area contributed by atoms with Crippen molar-refractivity contribution < 1.29 is 4.79 Å². The first-order valence-corrected chi connectivity index (χ1v) is 6.12. The summed E-state index contributed by atoms with van der Waals surface area (Å²) in [5.41, 5.74) is 10.0. The molecule has 0 aliphatic heterocycles. The van der Waals surface area contributed by atoms with Gasteiger partial charge in [-0.25, -0.2) is 4.98 Å². The van der Waals surface area contributed by atoms with Crippen LogP contribution in [-0.4, -0.2) is 17.0 Å². The fourth-order valence-electron chi connectivity index (χ4n) is 2.50. The molecule has 1 heterocycles. The maximum absolute atomic E-state index is 11.8. The molecule has 1 aliphatic carbocycles. The zero-order valence-corrected chi connectivity index (χ0v) is 10.3. The Labute approximate surface area is 110 Å². The number of ketones is 1. The maximum atomic E-state index is 11.8. The van der Waals surface area contributed by atoms with Crippen LogP contribution in [0.3, 0.4) is 0 Å². The molecule has 0 unspecified atom stereocenters. The summed E-state index contributed by atoms with van der Waals surface area (Å²) in [7, 11) is 0. The van der Waals surface area contributed by atoms with Crippen LogP contribution >= 0.6 is 0 Å². The number of aromatic nitrogens is 1. The number of benzene rings is 1. The lowest BCUT2D eigenvalue weighted by Crippen LogP contribution is -1.99. The van der Waals surface area contributed by atoms with E-state index in [1.165, 1.54) is 6.21 Å². The number of rotatable bonds is 2. The second-order valence-electron chi connectivity index (χ2n) is 4.60. The zero-order chi connectivity index (χ0) is 13.4. The molecular formula is C15H13N3O. The molecule has 0 fully saturated rings. The number of nitrogen functional groups attached to an aromatic ring is 1. The standard InChI is InChI=1S/C15H13N3O/c16-8-13-11(5-6-18-15(13)17)10-2-1-9-3-4-14(19)12(9)7-10/h1-2,5-8,16H,3-4H2,(H2,17,18). The van der Waals surface area contributed by atoms with Crippen LogP contribution in [0.15, 0.2) is 30.5 Å². The first kappa shape index (κ1) is 11.6. The van der Waals surface area contributed by atoms with E-state index in [-0.39, 0.29) is 5.78 Å². The molecule has 0 radical (unpaired) electrons. The Morgan fingerprint density at radius 2 is 2.05 bits per heavy atom. The number of Topliss-reactive ketones (excluding diaryl/α,β-unsaturated/α-hetero) is 1. The lowest BCUT2D eigenvalue weighted by molar-refractivity contribution is 0.0994. The van der Waals surface area contributed by atoms with Gasteiger partial charge in [0.25, 0.3) is 0 Å². The van der Waals surface area contributed by atoms with Crippen molar-refractivity contribution in [2.45, 2.75) is 12.8 Å². The molecule has 1 aromatic carbocycles.